The van der Waals surface area contributed by atoms with Gasteiger partial charge in [0.15, 0.2) is 0 Å². The first kappa shape index (κ1) is 16.6. The van der Waals surface area contributed by atoms with E-state index in [9.17, 15) is 0 Å². The van der Waals surface area contributed by atoms with Crippen LogP contribution in [0.2, 0.25) is 0 Å². The van der Waals surface area contributed by atoms with Crippen LogP contribution in [0.25, 0.3) is 0 Å². The third-order valence-corrected chi connectivity index (χ3v) is 3.86. The second-order valence-electron chi connectivity index (χ2n) is 6.30. The summed E-state index contributed by atoms with van der Waals surface area (Å²) < 4.78 is 5.32. The summed E-state index contributed by atoms with van der Waals surface area (Å²) in [4.78, 5) is 0. The zero-order valence-electron chi connectivity index (χ0n) is 14.1. The van der Waals surface area contributed by atoms with Crippen molar-refractivity contribution in [2.24, 2.45) is 0 Å². The van der Waals surface area contributed by atoms with Crippen LogP contribution >= 0.6 is 0 Å². The van der Waals surface area contributed by atoms with Gasteiger partial charge in [-0.15, -0.1) is 0 Å². The molecule has 0 bridgehead atoms. The molecule has 1 aromatic heterocycles. The van der Waals surface area contributed by atoms with Crippen molar-refractivity contribution in [3.63, 3.8) is 0 Å². The summed E-state index contributed by atoms with van der Waals surface area (Å²) in [5.74, 6) is 2.03. The molecule has 120 valence electrons. The first-order valence-electron chi connectivity index (χ1n) is 8.19. The third kappa shape index (κ3) is 4.38. The minimum Gasteiger partial charge on any atom is -0.468 e. The molecule has 0 atom stereocenters. The molecule has 3 nitrogen and oxygen atoms in total. The number of hydrogen-bond acceptors (Lipinski definition) is 3. The van der Waals surface area contributed by atoms with Crippen molar-refractivity contribution in [2.75, 3.05) is 18.4 Å². The minimum absolute atomic E-state index is 0.525. The third-order valence-electron chi connectivity index (χ3n) is 3.86. The van der Waals surface area contributed by atoms with Gasteiger partial charge in [-0.05, 0) is 35.1 Å². The van der Waals surface area contributed by atoms with Crippen LogP contribution in [-0.2, 0) is 6.54 Å². The van der Waals surface area contributed by atoms with Crippen LogP contribution in [0.1, 0.15) is 56.4 Å². The average Bonchev–Trinajstić information content (AvgIpc) is 2.99. The molecular weight excluding hydrogens is 272 g/mol. The molecule has 22 heavy (non-hydrogen) atoms. The quantitative estimate of drug-likeness (QED) is 0.692. The van der Waals surface area contributed by atoms with Gasteiger partial charge in [0.1, 0.15) is 5.76 Å². The average molecular weight is 300 g/mol. The number of para-hydroxylation sites is 1. The van der Waals surface area contributed by atoms with E-state index >= 15 is 0 Å². The molecule has 0 unspecified atom stereocenters. The number of rotatable bonds is 8. The molecule has 0 saturated carbocycles. The molecule has 0 radical (unpaired) electrons. The Morgan fingerprint density at radius 2 is 1.59 bits per heavy atom. The van der Waals surface area contributed by atoms with Gasteiger partial charge in [0.25, 0.3) is 0 Å². The Labute approximate surface area is 134 Å². The maximum Gasteiger partial charge on any atom is 0.117 e. The van der Waals surface area contributed by atoms with Crippen LogP contribution < -0.4 is 10.6 Å². The standard InChI is InChI=1S/C19H28N2O/c1-14(2)17-8-5-9-18(15(3)4)19(17)21-11-10-20-13-16-7-6-12-22-16/h5-9,12,14-15,20-21H,10-11,13H2,1-4H3. The summed E-state index contributed by atoms with van der Waals surface area (Å²) in [5, 5.41) is 7.03. The smallest absolute Gasteiger partial charge is 0.117 e. The SMILES string of the molecule is CC(C)c1cccc(C(C)C)c1NCCNCc1ccco1. The van der Waals surface area contributed by atoms with Gasteiger partial charge in [0.2, 0.25) is 0 Å². The van der Waals surface area contributed by atoms with Crippen LogP contribution in [-0.4, -0.2) is 13.1 Å². The Kier molecular flexibility index (Phi) is 6.08. The van der Waals surface area contributed by atoms with Gasteiger partial charge < -0.3 is 15.1 Å². The van der Waals surface area contributed by atoms with E-state index in [1.807, 2.05) is 12.1 Å². The zero-order chi connectivity index (χ0) is 15.9. The van der Waals surface area contributed by atoms with Crippen molar-refractivity contribution in [1.29, 1.82) is 0 Å². The topological polar surface area (TPSA) is 37.2 Å². The van der Waals surface area contributed by atoms with E-state index in [1.165, 1.54) is 16.8 Å². The number of benzene rings is 1. The molecule has 3 heteroatoms. The Bertz CT molecular complexity index is 533. The molecule has 0 spiro atoms. The summed E-state index contributed by atoms with van der Waals surface area (Å²) in [6.45, 7) is 11.6. The first-order chi connectivity index (χ1) is 10.6. The summed E-state index contributed by atoms with van der Waals surface area (Å²) in [5.41, 5.74) is 4.11. The van der Waals surface area contributed by atoms with Gasteiger partial charge in [0.05, 0.1) is 12.8 Å². The fraction of sp³-hybridized carbons (Fsp3) is 0.474. The zero-order valence-corrected chi connectivity index (χ0v) is 14.1. The van der Waals surface area contributed by atoms with Crippen LogP contribution in [0.4, 0.5) is 5.69 Å². The summed E-state index contributed by atoms with van der Waals surface area (Å²) in [7, 11) is 0. The predicted molar refractivity (Wildman–Crippen MR) is 93.5 cm³/mol. The second kappa shape index (κ2) is 8.04. The molecule has 0 aliphatic carbocycles. The molecule has 2 rings (SSSR count). The second-order valence-corrected chi connectivity index (χ2v) is 6.30. The number of furan rings is 1. The van der Waals surface area contributed by atoms with Crippen molar-refractivity contribution < 1.29 is 4.42 Å². The van der Waals surface area contributed by atoms with Crippen LogP contribution in [0.5, 0.6) is 0 Å². The Morgan fingerprint density at radius 1 is 0.909 bits per heavy atom. The largest absolute Gasteiger partial charge is 0.468 e. The maximum atomic E-state index is 5.32. The molecule has 0 saturated heterocycles. The van der Waals surface area contributed by atoms with Crippen molar-refractivity contribution in [2.45, 2.75) is 46.1 Å². The normalized spacial score (nSPS) is 11.4. The fourth-order valence-electron chi connectivity index (χ4n) is 2.66. The highest BCUT2D eigenvalue weighted by molar-refractivity contribution is 5.60. The van der Waals surface area contributed by atoms with Crippen LogP contribution in [0, 0.1) is 0 Å². The van der Waals surface area contributed by atoms with Gasteiger partial charge in [0, 0.05) is 18.8 Å². The van der Waals surface area contributed by atoms with Crippen molar-refractivity contribution >= 4 is 5.69 Å². The monoisotopic (exact) mass is 300 g/mol. The van der Waals surface area contributed by atoms with E-state index in [0.717, 1.165) is 25.4 Å². The molecule has 1 heterocycles. The fourth-order valence-corrected chi connectivity index (χ4v) is 2.66. The Balaban J connectivity index is 1.93. The minimum atomic E-state index is 0.525. The van der Waals surface area contributed by atoms with E-state index in [-0.39, 0.29) is 0 Å². The highest BCUT2D eigenvalue weighted by Crippen LogP contribution is 2.32. The van der Waals surface area contributed by atoms with Gasteiger partial charge in [-0.1, -0.05) is 45.9 Å². The van der Waals surface area contributed by atoms with E-state index in [1.54, 1.807) is 6.26 Å². The number of anilines is 1. The lowest BCUT2D eigenvalue weighted by Crippen LogP contribution is -2.22. The molecule has 0 fully saturated rings. The molecule has 2 aromatic rings. The predicted octanol–water partition coefficient (Wildman–Crippen LogP) is 4.73. The van der Waals surface area contributed by atoms with E-state index in [0.29, 0.717) is 11.8 Å². The van der Waals surface area contributed by atoms with Crippen molar-refractivity contribution in [1.82, 2.24) is 5.32 Å². The van der Waals surface area contributed by atoms with Crippen LogP contribution in [0.3, 0.4) is 0 Å². The van der Waals surface area contributed by atoms with Gasteiger partial charge in [-0.25, -0.2) is 0 Å². The van der Waals surface area contributed by atoms with E-state index < -0.39 is 0 Å². The highest BCUT2D eigenvalue weighted by atomic mass is 16.3. The van der Waals surface area contributed by atoms with Crippen molar-refractivity contribution in [3.8, 4) is 0 Å². The molecular formula is C19H28N2O. The number of nitrogens with one attached hydrogen (secondary N) is 2. The van der Waals surface area contributed by atoms with E-state index in [4.69, 9.17) is 4.42 Å². The highest BCUT2D eigenvalue weighted by Gasteiger charge is 2.12. The van der Waals surface area contributed by atoms with E-state index in [2.05, 4.69) is 56.5 Å². The molecule has 0 amide bonds. The summed E-state index contributed by atoms with van der Waals surface area (Å²) >= 11 is 0. The molecule has 1 aromatic carbocycles. The summed E-state index contributed by atoms with van der Waals surface area (Å²) in [6.07, 6.45) is 1.71. The van der Waals surface area contributed by atoms with Crippen LogP contribution in [0.15, 0.2) is 41.0 Å². The number of hydrogen-bond donors (Lipinski definition) is 2. The molecule has 0 aliphatic rings. The van der Waals surface area contributed by atoms with Gasteiger partial charge >= 0.3 is 0 Å². The Hall–Kier alpha value is -1.74. The summed E-state index contributed by atoms with van der Waals surface area (Å²) in [6, 6.07) is 10.5. The molecule has 0 aliphatic heterocycles. The maximum absolute atomic E-state index is 5.32. The first-order valence-corrected chi connectivity index (χ1v) is 8.19. The lowest BCUT2D eigenvalue weighted by atomic mass is 9.92. The lowest BCUT2D eigenvalue weighted by molar-refractivity contribution is 0.486. The Morgan fingerprint density at radius 3 is 2.14 bits per heavy atom. The molecule has 2 N–H and O–H groups in total. The van der Waals surface area contributed by atoms with Gasteiger partial charge in [-0.2, -0.15) is 0 Å². The lowest BCUT2D eigenvalue weighted by Gasteiger charge is -2.21. The van der Waals surface area contributed by atoms with Crippen molar-refractivity contribution in [3.05, 3.63) is 53.5 Å². The van der Waals surface area contributed by atoms with Gasteiger partial charge in [-0.3, -0.25) is 0 Å².